The van der Waals surface area contributed by atoms with Gasteiger partial charge in [0.05, 0.1) is 5.60 Å². The molecule has 1 aliphatic heterocycles. The Bertz CT molecular complexity index is 1200. The summed E-state index contributed by atoms with van der Waals surface area (Å²) in [4.78, 5) is 16.4. The second-order valence-electron chi connectivity index (χ2n) is 10.1. The molecular weight excluding hydrogens is 524 g/mol. The fraction of sp³-hybridized carbons (Fsp3) is 0.483. The third kappa shape index (κ3) is 6.19. The molecule has 188 valence electrons. The number of fused-ring (bicyclic) bond motifs is 1. The topological polar surface area (TPSA) is 65.1 Å². The van der Waals surface area contributed by atoms with Gasteiger partial charge >= 0.3 is 0 Å². The zero-order valence-corrected chi connectivity index (χ0v) is 23.0. The zero-order valence-electron chi connectivity index (χ0n) is 20.6. The van der Waals surface area contributed by atoms with Gasteiger partial charge in [0, 0.05) is 32.5 Å². The number of nitrogens with one attached hydrogen (secondary N) is 2. The van der Waals surface area contributed by atoms with E-state index in [1.807, 2.05) is 48.5 Å². The highest BCUT2D eigenvalue weighted by molar-refractivity contribution is 9.10. The molecular formula is C29H36BrClN2O2. The molecule has 2 aromatic carbocycles. The van der Waals surface area contributed by atoms with E-state index in [0.717, 1.165) is 40.3 Å². The largest absolute Gasteiger partial charge is 0.389 e. The number of hydrogen-bond donors (Lipinski definition) is 3. The molecule has 0 saturated carbocycles. The van der Waals surface area contributed by atoms with Crippen molar-refractivity contribution in [2.75, 3.05) is 6.54 Å². The molecule has 4 rings (SSSR count). The lowest BCUT2D eigenvalue weighted by molar-refractivity contribution is -0.0220. The third-order valence-corrected chi connectivity index (χ3v) is 8.38. The molecule has 0 spiro atoms. The molecule has 2 heterocycles. The predicted molar refractivity (Wildman–Crippen MR) is 149 cm³/mol. The predicted octanol–water partition coefficient (Wildman–Crippen LogP) is 7.17. The van der Waals surface area contributed by atoms with Gasteiger partial charge in [0.15, 0.2) is 0 Å². The average molecular weight is 560 g/mol. The molecule has 1 aliphatic rings. The molecule has 4 nitrogen and oxygen atoms in total. The van der Waals surface area contributed by atoms with Crippen molar-refractivity contribution in [3.63, 3.8) is 0 Å². The minimum absolute atomic E-state index is 0.155. The summed E-state index contributed by atoms with van der Waals surface area (Å²) in [5.74, 6) is 0.192. The number of unbranched alkanes of at least 4 members (excludes halogenated alkanes) is 1. The summed E-state index contributed by atoms with van der Waals surface area (Å²) in [6, 6.07) is 15.6. The Kier molecular flexibility index (Phi) is 8.75. The number of rotatable bonds is 9. The molecule has 6 heteroatoms. The first-order chi connectivity index (χ1) is 16.8. The van der Waals surface area contributed by atoms with Gasteiger partial charge in [-0.15, -0.1) is 0 Å². The lowest BCUT2D eigenvalue weighted by Gasteiger charge is -2.44. The molecule has 1 aromatic heterocycles. The molecule has 35 heavy (non-hydrogen) atoms. The number of halogens is 2. The van der Waals surface area contributed by atoms with E-state index in [9.17, 15) is 9.90 Å². The molecule has 0 radical (unpaired) electrons. The van der Waals surface area contributed by atoms with Gasteiger partial charge in [0.1, 0.15) is 0 Å². The number of H-pyrrole nitrogens is 1. The lowest BCUT2D eigenvalue weighted by atomic mass is 9.70. The minimum Gasteiger partial charge on any atom is -0.389 e. The van der Waals surface area contributed by atoms with Crippen molar-refractivity contribution in [3.05, 3.63) is 79.5 Å². The van der Waals surface area contributed by atoms with Crippen LogP contribution in [0.15, 0.2) is 57.8 Å². The van der Waals surface area contributed by atoms with Crippen LogP contribution in [0, 0.1) is 5.92 Å². The summed E-state index contributed by atoms with van der Waals surface area (Å²) < 4.78 is 0.948. The minimum atomic E-state index is -1.04. The van der Waals surface area contributed by atoms with Crippen LogP contribution in [-0.4, -0.2) is 28.3 Å². The zero-order chi connectivity index (χ0) is 25.0. The van der Waals surface area contributed by atoms with E-state index >= 15 is 0 Å². The number of benzene rings is 2. The summed E-state index contributed by atoms with van der Waals surface area (Å²) in [6.45, 7) is 5.23. The lowest BCUT2D eigenvalue weighted by Crippen LogP contribution is -2.52. The van der Waals surface area contributed by atoms with E-state index in [1.165, 1.54) is 19.3 Å². The highest BCUT2D eigenvalue weighted by atomic mass is 79.9. The molecule has 4 atom stereocenters. The van der Waals surface area contributed by atoms with Crippen molar-refractivity contribution in [3.8, 4) is 0 Å². The molecule has 0 aliphatic carbocycles. The molecule has 3 N–H and O–H groups in total. The Morgan fingerprint density at radius 1 is 1.17 bits per heavy atom. The Morgan fingerprint density at radius 3 is 2.66 bits per heavy atom. The van der Waals surface area contributed by atoms with Gasteiger partial charge < -0.3 is 15.4 Å². The first kappa shape index (κ1) is 26.4. The number of aromatic amines is 1. The summed E-state index contributed by atoms with van der Waals surface area (Å²) in [7, 11) is 0. The highest BCUT2D eigenvalue weighted by Crippen LogP contribution is 2.42. The maximum Gasteiger partial charge on any atom is 0.252 e. The Hall–Kier alpha value is -1.66. The quantitative estimate of drug-likeness (QED) is 0.260. The van der Waals surface area contributed by atoms with Crippen LogP contribution in [0.5, 0.6) is 0 Å². The molecule has 0 amide bonds. The standard InChI is InChI=1S/C29H36BrClN2O2/c1-3-5-6-19(4-2)15-24-18-29(35,13-14-32-24)27(20-7-10-23(31)11-8-20)25-17-21-16-22(30)9-12-26(21)33-28(25)34/h7-12,16-17,19,24,27,32,35H,3-6,13-15,18H2,1-2H3,(H,33,34). The van der Waals surface area contributed by atoms with Crippen LogP contribution in [0.25, 0.3) is 10.9 Å². The Labute approximate surface area is 221 Å². The normalized spacial score (nSPS) is 22.3. The second-order valence-corrected chi connectivity index (χ2v) is 11.5. The SMILES string of the molecule is CCCCC(CC)CC1CC(O)(C(c2ccc(Cl)cc2)c2cc3cc(Br)ccc3[nH]c2=O)CCN1. The third-order valence-electron chi connectivity index (χ3n) is 7.64. The number of hydrogen-bond acceptors (Lipinski definition) is 3. The number of aliphatic hydroxyl groups is 1. The van der Waals surface area contributed by atoms with Crippen LogP contribution in [-0.2, 0) is 0 Å². The number of piperidine rings is 1. The Morgan fingerprint density at radius 2 is 1.94 bits per heavy atom. The van der Waals surface area contributed by atoms with Crippen LogP contribution >= 0.6 is 27.5 Å². The van der Waals surface area contributed by atoms with Gasteiger partial charge in [-0.1, -0.05) is 79.2 Å². The summed E-state index contributed by atoms with van der Waals surface area (Å²) in [6.07, 6.45) is 7.06. The molecule has 1 fully saturated rings. The van der Waals surface area contributed by atoms with Gasteiger partial charge in [-0.05, 0) is 79.1 Å². The van der Waals surface area contributed by atoms with Crippen molar-refractivity contribution in [1.29, 1.82) is 0 Å². The second kappa shape index (κ2) is 11.6. The maximum atomic E-state index is 13.4. The van der Waals surface area contributed by atoms with Crippen LogP contribution in [0.2, 0.25) is 5.02 Å². The van der Waals surface area contributed by atoms with Crippen LogP contribution in [0.1, 0.15) is 75.8 Å². The van der Waals surface area contributed by atoms with Crippen LogP contribution < -0.4 is 10.9 Å². The van der Waals surface area contributed by atoms with Gasteiger partial charge in [0.25, 0.3) is 5.56 Å². The van der Waals surface area contributed by atoms with Crippen molar-refractivity contribution in [2.45, 2.75) is 76.4 Å². The summed E-state index contributed by atoms with van der Waals surface area (Å²) in [5, 5.41) is 17.5. The van der Waals surface area contributed by atoms with Crippen molar-refractivity contribution in [1.82, 2.24) is 10.3 Å². The van der Waals surface area contributed by atoms with E-state index in [2.05, 4.69) is 40.1 Å². The smallest absolute Gasteiger partial charge is 0.252 e. The number of aromatic nitrogens is 1. The van der Waals surface area contributed by atoms with E-state index in [4.69, 9.17) is 11.6 Å². The van der Waals surface area contributed by atoms with E-state index in [-0.39, 0.29) is 11.6 Å². The molecule has 1 saturated heterocycles. The van der Waals surface area contributed by atoms with Gasteiger partial charge in [-0.3, -0.25) is 4.79 Å². The highest BCUT2D eigenvalue weighted by Gasteiger charge is 2.44. The molecule has 0 bridgehead atoms. The van der Waals surface area contributed by atoms with Crippen LogP contribution in [0.4, 0.5) is 0 Å². The number of pyridine rings is 1. The monoisotopic (exact) mass is 558 g/mol. The first-order valence-electron chi connectivity index (χ1n) is 12.9. The molecule has 3 aromatic rings. The summed E-state index contributed by atoms with van der Waals surface area (Å²) >= 11 is 9.75. The fourth-order valence-electron chi connectivity index (χ4n) is 5.75. The van der Waals surface area contributed by atoms with Gasteiger partial charge in [0.2, 0.25) is 0 Å². The van der Waals surface area contributed by atoms with E-state index < -0.39 is 11.5 Å². The van der Waals surface area contributed by atoms with E-state index in [0.29, 0.717) is 29.3 Å². The van der Waals surface area contributed by atoms with Gasteiger partial charge in [-0.25, -0.2) is 0 Å². The average Bonchev–Trinajstić information content (AvgIpc) is 2.83. The van der Waals surface area contributed by atoms with Crippen molar-refractivity contribution in [2.24, 2.45) is 5.92 Å². The van der Waals surface area contributed by atoms with Crippen LogP contribution in [0.3, 0.4) is 0 Å². The maximum absolute atomic E-state index is 13.4. The fourth-order valence-corrected chi connectivity index (χ4v) is 6.25. The van der Waals surface area contributed by atoms with Gasteiger partial charge in [-0.2, -0.15) is 0 Å². The van der Waals surface area contributed by atoms with E-state index in [1.54, 1.807) is 0 Å². The van der Waals surface area contributed by atoms with Crippen molar-refractivity contribution >= 4 is 38.4 Å². The summed E-state index contributed by atoms with van der Waals surface area (Å²) in [5.41, 5.74) is 1.10. The molecule has 4 unspecified atom stereocenters. The Balaban J connectivity index is 1.74. The van der Waals surface area contributed by atoms with Crippen molar-refractivity contribution < 1.29 is 5.11 Å². The first-order valence-corrected chi connectivity index (χ1v) is 14.0.